The molecule has 0 heterocycles. The van der Waals surface area contributed by atoms with Gasteiger partial charge >= 0.3 is 0 Å². The number of carbonyl (C=O) groups is 1. The molecule has 100 valence electrons. The third-order valence-corrected chi connectivity index (χ3v) is 3.04. The number of aryl methyl sites for hydroxylation is 1. The standard InChI is InChI=1S/C15H23NO2/c1-5-12-6-8-13(9-7-12)14(18)11(2)16-15(3,4)10-17/h6-9,11,16-17H,5,10H2,1-4H3. The Kier molecular flexibility index (Phi) is 5.05. The van der Waals surface area contributed by atoms with Gasteiger partial charge in [0.25, 0.3) is 0 Å². The average Bonchev–Trinajstić information content (AvgIpc) is 2.37. The molecule has 0 bridgehead atoms. The second-order valence-electron chi connectivity index (χ2n) is 5.32. The van der Waals surface area contributed by atoms with E-state index in [1.807, 2.05) is 45.0 Å². The molecule has 1 rings (SSSR count). The summed E-state index contributed by atoms with van der Waals surface area (Å²) in [7, 11) is 0. The molecule has 1 aromatic rings. The molecule has 0 aliphatic carbocycles. The van der Waals surface area contributed by atoms with Crippen molar-refractivity contribution in [3.8, 4) is 0 Å². The Labute approximate surface area is 109 Å². The largest absolute Gasteiger partial charge is 0.394 e. The molecule has 2 N–H and O–H groups in total. The molecular formula is C15H23NO2. The number of hydrogen-bond acceptors (Lipinski definition) is 3. The Morgan fingerprint density at radius 2 is 1.89 bits per heavy atom. The van der Waals surface area contributed by atoms with Crippen molar-refractivity contribution in [1.29, 1.82) is 0 Å². The van der Waals surface area contributed by atoms with Crippen LogP contribution in [-0.4, -0.2) is 29.1 Å². The number of aliphatic hydroxyl groups excluding tert-OH is 1. The summed E-state index contributed by atoms with van der Waals surface area (Å²) < 4.78 is 0. The molecule has 0 fully saturated rings. The topological polar surface area (TPSA) is 49.3 Å². The van der Waals surface area contributed by atoms with Gasteiger partial charge in [0.15, 0.2) is 5.78 Å². The molecule has 1 atom stereocenters. The van der Waals surface area contributed by atoms with E-state index in [0.29, 0.717) is 5.56 Å². The van der Waals surface area contributed by atoms with Crippen LogP contribution >= 0.6 is 0 Å². The van der Waals surface area contributed by atoms with E-state index in [0.717, 1.165) is 6.42 Å². The van der Waals surface area contributed by atoms with Gasteiger partial charge in [-0.25, -0.2) is 0 Å². The van der Waals surface area contributed by atoms with Crippen LogP contribution in [0, 0.1) is 0 Å². The molecular weight excluding hydrogens is 226 g/mol. The van der Waals surface area contributed by atoms with E-state index < -0.39 is 5.54 Å². The highest BCUT2D eigenvalue weighted by Gasteiger charge is 2.23. The fourth-order valence-corrected chi connectivity index (χ4v) is 1.85. The van der Waals surface area contributed by atoms with Crippen molar-refractivity contribution < 1.29 is 9.90 Å². The van der Waals surface area contributed by atoms with Gasteiger partial charge in [0.2, 0.25) is 0 Å². The van der Waals surface area contributed by atoms with Gasteiger partial charge in [0, 0.05) is 11.1 Å². The molecule has 1 aromatic carbocycles. The van der Waals surface area contributed by atoms with Crippen LogP contribution in [0.3, 0.4) is 0 Å². The van der Waals surface area contributed by atoms with E-state index in [1.165, 1.54) is 5.56 Å². The summed E-state index contributed by atoms with van der Waals surface area (Å²) in [6.07, 6.45) is 0.972. The van der Waals surface area contributed by atoms with E-state index in [9.17, 15) is 9.90 Å². The summed E-state index contributed by atoms with van der Waals surface area (Å²) in [6.45, 7) is 7.66. The van der Waals surface area contributed by atoms with Gasteiger partial charge in [-0.1, -0.05) is 31.2 Å². The number of rotatable bonds is 6. The summed E-state index contributed by atoms with van der Waals surface area (Å²) >= 11 is 0. The summed E-state index contributed by atoms with van der Waals surface area (Å²) in [5.74, 6) is 0.0548. The Balaban J connectivity index is 2.74. The van der Waals surface area contributed by atoms with E-state index in [-0.39, 0.29) is 18.4 Å². The number of ketones is 1. The van der Waals surface area contributed by atoms with Crippen molar-refractivity contribution in [2.75, 3.05) is 6.61 Å². The summed E-state index contributed by atoms with van der Waals surface area (Å²) in [5, 5.41) is 12.3. The van der Waals surface area contributed by atoms with Gasteiger partial charge in [-0.3, -0.25) is 4.79 Å². The second kappa shape index (κ2) is 6.12. The third-order valence-electron chi connectivity index (χ3n) is 3.04. The van der Waals surface area contributed by atoms with Gasteiger partial charge in [0.1, 0.15) is 0 Å². The minimum atomic E-state index is -0.446. The van der Waals surface area contributed by atoms with Crippen LogP contribution < -0.4 is 5.32 Å². The third kappa shape index (κ3) is 3.93. The Bertz CT molecular complexity index is 395. The lowest BCUT2D eigenvalue weighted by molar-refractivity contribution is 0.0911. The maximum absolute atomic E-state index is 12.2. The highest BCUT2D eigenvalue weighted by Crippen LogP contribution is 2.10. The zero-order valence-electron chi connectivity index (χ0n) is 11.7. The Hall–Kier alpha value is -1.19. The van der Waals surface area contributed by atoms with E-state index in [1.54, 1.807) is 0 Å². The van der Waals surface area contributed by atoms with E-state index in [2.05, 4.69) is 12.2 Å². The van der Waals surface area contributed by atoms with Crippen molar-refractivity contribution >= 4 is 5.78 Å². The molecule has 3 nitrogen and oxygen atoms in total. The Morgan fingerprint density at radius 1 is 1.33 bits per heavy atom. The molecule has 0 aliphatic rings. The van der Waals surface area contributed by atoms with Gasteiger partial charge in [-0.15, -0.1) is 0 Å². The first-order valence-corrected chi connectivity index (χ1v) is 6.41. The first-order valence-electron chi connectivity index (χ1n) is 6.41. The minimum absolute atomic E-state index is 0.000603. The number of carbonyl (C=O) groups excluding carboxylic acids is 1. The number of nitrogens with one attached hydrogen (secondary N) is 1. The van der Waals surface area contributed by atoms with E-state index in [4.69, 9.17) is 0 Å². The van der Waals surface area contributed by atoms with Gasteiger partial charge < -0.3 is 10.4 Å². The number of benzene rings is 1. The molecule has 0 amide bonds. The van der Waals surface area contributed by atoms with Gasteiger partial charge in [-0.2, -0.15) is 0 Å². The molecule has 18 heavy (non-hydrogen) atoms. The second-order valence-corrected chi connectivity index (χ2v) is 5.32. The van der Waals surface area contributed by atoms with Crippen LogP contribution in [0.4, 0.5) is 0 Å². The minimum Gasteiger partial charge on any atom is -0.394 e. The highest BCUT2D eigenvalue weighted by molar-refractivity contribution is 5.99. The molecule has 0 aromatic heterocycles. The monoisotopic (exact) mass is 249 g/mol. The zero-order valence-corrected chi connectivity index (χ0v) is 11.7. The lowest BCUT2D eigenvalue weighted by atomic mass is 9.99. The van der Waals surface area contributed by atoms with Crippen molar-refractivity contribution in [3.05, 3.63) is 35.4 Å². The highest BCUT2D eigenvalue weighted by atomic mass is 16.3. The quantitative estimate of drug-likeness (QED) is 0.760. The van der Waals surface area contributed by atoms with Crippen LogP contribution in [0.15, 0.2) is 24.3 Å². The lowest BCUT2D eigenvalue weighted by Gasteiger charge is -2.27. The average molecular weight is 249 g/mol. The fourth-order valence-electron chi connectivity index (χ4n) is 1.85. The maximum atomic E-state index is 12.2. The SMILES string of the molecule is CCc1ccc(C(=O)C(C)NC(C)(C)CO)cc1. The number of hydrogen-bond donors (Lipinski definition) is 2. The molecule has 0 spiro atoms. The van der Waals surface area contributed by atoms with E-state index >= 15 is 0 Å². The fraction of sp³-hybridized carbons (Fsp3) is 0.533. The number of Topliss-reactive ketones (excluding diaryl/α,β-unsaturated/α-hetero) is 1. The maximum Gasteiger partial charge on any atom is 0.179 e. The zero-order chi connectivity index (χ0) is 13.8. The molecule has 3 heteroatoms. The van der Waals surface area contributed by atoms with Crippen LogP contribution in [-0.2, 0) is 6.42 Å². The molecule has 0 saturated heterocycles. The molecule has 0 saturated carbocycles. The van der Waals surface area contributed by atoms with Crippen LogP contribution in [0.1, 0.15) is 43.6 Å². The van der Waals surface area contributed by atoms with Crippen LogP contribution in [0.2, 0.25) is 0 Å². The predicted octanol–water partition coefficient (Wildman–Crippen LogP) is 2.18. The van der Waals surface area contributed by atoms with Gasteiger partial charge in [-0.05, 0) is 32.8 Å². The lowest BCUT2D eigenvalue weighted by Crippen LogP contribution is -2.50. The summed E-state index contributed by atoms with van der Waals surface area (Å²) in [4.78, 5) is 12.2. The summed E-state index contributed by atoms with van der Waals surface area (Å²) in [5.41, 5.74) is 1.49. The summed E-state index contributed by atoms with van der Waals surface area (Å²) in [6, 6.07) is 7.39. The van der Waals surface area contributed by atoms with Crippen molar-refractivity contribution in [3.63, 3.8) is 0 Å². The van der Waals surface area contributed by atoms with Crippen molar-refractivity contribution in [2.24, 2.45) is 0 Å². The van der Waals surface area contributed by atoms with Gasteiger partial charge in [0.05, 0.1) is 12.6 Å². The smallest absolute Gasteiger partial charge is 0.179 e. The Morgan fingerprint density at radius 3 is 2.33 bits per heavy atom. The number of aliphatic hydroxyl groups is 1. The molecule has 0 radical (unpaired) electrons. The molecule has 0 aliphatic heterocycles. The first-order chi connectivity index (χ1) is 8.39. The normalized spacial score (nSPS) is 13.4. The molecule has 1 unspecified atom stereocenters. The predicted molar refractivity (Wildman–Crippen MR) is 73.9 cm³/mol. The van der Waals surface area contributed by atoms with Crippen LogP contribution in [0.25, 0.3) is 0 Å². The van der Waals surface area contributed by atoms with Crippen molar-refractivity contribution in [2.45, 2.75) is 45.7 Å². The first kappa shape index (κ1) is 14.9. The van der Waals surface area contributed by atoms with Crippen LogP contribution in [0.5, 0.6) is 0 Å². The van der Waals surface area contributed by atoms with Crippen molar-refractivity contribution in [1.82, 2.24) is 5.32 Å².